The summed E-state index contributed by atoms with van der Waals surface area (Å²) in [5, 5.41) is 9.81. The summed E-state index contributed by atoms with van der Waals surface area (Å²) in [6.45, 7) is 15.2. The number of nitriles is 1. The smallest absolute Gasteiger partial charge is 0.227 e. The first kappa shape index (κ1) is 27.2. The summed E-state index contributed by atoms with van der Waals surface area (Å²) in [5.74, 6) is 2.23. The van der Waals surface area contributed by atoms with Crippen LogP contribution in [0.1, 0.15) is 85.6 Å². The normalized spacial score (nSPS) is 20.3. The highest BCUT2D eigenvalue weighted by molar-refractivity contribution is 5.95. The molecule has 2 aliphatic heterocycles. The third kappa shape index (κ3) is 6.32. The number of rotatable bonds is 4. The molecule has 1 saturated heterocycles. The maximum Gasteiger partial charge on any atom is 0.227 e. The molecule has 1 amide bonds. The lowest BCUT2D eigenvalue weighted by atomic mass is 9.78. The molecular weight excluding hydrogens is 422 g/mol. The topological polar surface area (TPSA) is 79.3 Å². The van der Waals surface area contributed by atoms with E-state index in [2.05, 4.69) is 32.9 Å². The van der Waals surface area contributed by atoms with Crippen LogP contribution in [0.3, 0.4) is 0 Å². The Morgan fingerprint density at radius 1 is 1.21 bits per heavy atom. The van der Waals surface area contributed by atoms with E-state index < -0.39 is 0 Å². The second-order valence-electron chi connectivity index (χ2n) is 9.39. The van der Waals surface area contributed by atoms with Crippen LogP contribution in [-0.4, -0.2) is 12.5 Å². The number of benzene rings is 1. The van der Waals surface area contributed by atoms with E-state index in [1.807, 2.05) is 56.9 Å². The van der Waals surface area contributed by atoms with Crippen LogP contribution in [0.2, 0.25) is 0 Å². The number of hydrogen-bond donors (Lipinski definition) is 1. The van der Waals surface area contributed by atoms with Crippen LogP contribution in [0.15, 0.2) is 58.7 Å². The van der Waals surface area contributed by atoms with Gasteiger partial charge in [0.15, 0.2) is 0 Å². The van der Waals surface area contributed by atoms with Crippen molar-refractivity contribution in [2.24, 2.45) is 17.6 Å². The van der Waals surface area contributed by atoms with E-state index in [1.165, 1.54) is 18.4 Å². The Kier molecular flexibility index (Phi) is 9.98. The molecule has 4 rings (SSSR count). The molecule has 2 N–H and O–H groups in total. The van der Waals surface area contributed by atoms with E-state index in [4.69, 9.17) is 10.5 Å². The van der Waals surface area contributed by atoms with Crippen LogP contribution in [-0.2, 0) is 9.53 Å². The average Bonchev–Trinajstić information content (AvgIpc) is 3.56. The quantitative estimate of drug-likeness (QED) is 0.524. The fourth-order valence-corrected chi connectivity index (χ4v) is 4.36. The average molecular weight is 464 g/mol. The monoisotopic (exact) mass is 463 g/mol. The standard InChI is InChI=1S/C23H25N3O2.C4H10.C2H6/c1-3-18(15-6-7-15)21-14(2)28-23(25)19(13-24)22(21)16-8-10-17(11-9-16)26-12-4-5-20(26)27;1-4(2)3;1-2/h3,8-11,15,22H,4-7,12,25H2,1-2H3;4H,1-3H3;1-2H3/b18-3-;;. The van der Waals surface area contributed by atoms with Crippen LogP contribution < -0.4 is 10.6 Å². The highest BCUT2D eigenvalue weighted by Crippen LogP contribution is 2.49. The van der Waals surface area contributed by atoms with Crippen LogP contribution in [0.25, 0.3) is 0 Å². The first-order valence-electron chi connectivity index (χ1n) is 12.6. The van der Waals surface area contributed by atoms with Gasteiger partial charge in [0.1, 0.15) is 17.4 Å². The van der Waals surface area contributed by atoms with E-state index in [1.54, 1.807) is 0 Å². The summed E-state index contributed by atoms with van der Waals surface area (Å²) in [6, 6.07) is 10.2. The van der Waals surface area contributed by atoms with Crippen molar-refractivity contribution < 1.29 is 9.53 Å². The van der Waals surface area contributed by atoms with Gasteiger partial charge in [0.2, 0.25) is 11.8 Å². The molecule has 2 fully saturated rings. The second kappa shape index (κ2) is 12.5. The summed E-state index contributed by atoms with van der Waals surface area (Å²) in [5.41, 5.74) is 10.7. The molecule has 184 valence electrons. The van der Waals surface area contributed by atoms with Crippen molar-refractivity contribution in [1.82, 2.24) is 0 Å². The highest BCUT2D eigenvalue weighted by atomic mass is 16.5. The molecule has 2 heterocycles. The number of hydrogen-bond acceptors (Lipinski definition) is 4. The van der Waals surface area contributed by atoms with Gasteiger partial charge in [-0.1, -0.05) is 52.8 Å². The molecule has 1 saturated carbocycles. The summed E-state index contributed by atoms with van der Waals surface area (Å²) in [6.07, 6.45) is 5.98. The number of nitrogens with zero attached hydrogens (tertiary/aromatic N) is 2. The zero-order valence-electron chi connectivity index (χ0n) is 21.9. The molecule has 1 aliphatic carbocycles. The molecule has 1 unspecified atom stereocenters. The summed E-state index contributed by atoms with van der Waals surface area (Å²) in [7, 11) is 0. The number of amides is 1. The van der Waals surface area contributed by atoms with Gasteiger partial charge in [0.05, 0.1) is 5.92 Å². The lowest BCUT2D eigenvalue weighted by Crippen LogP contribution is -2.24. The van der Waals surface area contributed by atoms with Crippen LogP contribution in [0.5, 0.6) is 0 Å². The first-order chi connectivity index (χ1) is 16.3. The molecule has 34 heavy (non-hydrogen) atoms. The first-order valence-corrected chi connectivity index (χ1v) is 12.6. The zero-order valence-corrected chi connectivity index (χ0v) is 21.9. The number of carbonyl (C=O) groups excluding carboxylic acids is 1. The van der Waals surface area contributed by atoms with Crippen LogP contribution >= 0.6 is 0 Å². The molecule has 0 radical (unpaired) electrons. The Balaban J connectivity index is 0.000000618. The summed E-state index contributed by atoms with van der Waals surface area (Å²) >= 11 is 0. The minimum absolute atomic E-state index is 0.169. The molecule has 5 heteroatoms. The SMILES string of the molecule is C/C=C(\C1=C(C)OC(N)=C(C#N)C1c1ccc(N2CCCC2=O)cc1)C1CC1.CC.CC(C)C. The molecule has 0 spiro atoms. The van der Waals surface area contributed by atoms with Gasteiger partial charge in [0, 0.05) is 24.2 Å². The Hall–Kier alpha value is -3.00. The molecule has 1 aromatic rings. The van der Waals surface area contributed by atoms with Crippen molar-refractivity contribution in [2.75, 3.05) is 11.4 Å². The molecular formula is C29H41N3O2. The Labute approximate surface area is 206 Å². The maximum absolute atomic E-state index is 12.0. The number of carbonyl (C=O) groups is 1. The van der Waals surface area contributed by atoms with Gasteiger partial charge in [0.25, 0.3) is 0 Å². The third-order valence-corrected chi connectivity index (χ3v) is 5.86. The predicted octanol–water partition coefficient (Wildman–Crippen LogP) is 6.94. The molecule has 0 aromatic heterocycles. The largest absolute Gasteiger partial charge is 0.445 e. The molecule has 1 aromatic carbocycles. The molecule has 0 bridgehead atoms. The molecule has 1 atom stereocenters. The minimum atomic E-state index is -0.242. The van der Waals surface area contributed by atoms with E-state index in [0.29, 0.717) is 17.9 Å². The van der Waals surface area contributed by atoms with Crippen molar-refractivity contribution in [3.05, 3.63) is 64.3 Å². The van der Waals surface area contributed by atoms with E-state index >= 15 is 0 Å². The van der Waals surface area contributed by atoms with E-state index in [-0.39, 0.29) is 17.7 Å². The van der Waals surface area contributed by atoms with Crippen LogP contribution in [0.4, 0.5) is 5.69 Å². The zero-order chi connectivity index (χ0) is 25.4. The van der Waals surface area contributed by atoms with Gasteiger partial charge in [-0.05, 0) is 68.2 Å². The Morgan fingerprint density at radius 3 is 2.24 bits per heavy atom. The minimum Gasteiger partial charge on any atom is -0.445 e. The fourth-order valence-electron chi connectivity index (χ4n) is 4.36. The molecule has 3 aliphatic rings. The molecule has 5 nitrogen and oxygen atoms in total. The lowest BCUT2D eigenvalue weighted by molar-refractivity contribution is -0.117. The number of anilines is 1. The van der Waals surface area contributed by atoms with E-state index in [0.717, 1.165) is 41.5 Å². The summed E-state index contributed by atoms with van der Waals surface area (Å²) in [4.78, 5) is 13.9. The second-order valence-corrected chi connectivity index (χ2v) is 9.39. The highest BCUT2D eigenvalue weighted by Gasteiger charge is 2.38. The third-order valence-electron chi connectivity index (χ3n) is 5.86. The van der Waals surface area contributed by atoms with Gasteiger partial charge < -0.3 is 15.4 Å². The van der Waals surface area contributed by atoms with Crippen molar-refractivity contribution >= 4 is 11.6 Å². The van der Waals surface area contributed by atoms with E-state index in [9.17, 15) is 10.1 Å². The van der Waals surface area contributed by atoms with Crippen molar-refractivity contribution in [1.29, 1.82) is 5.26 Å². The fraction of sp³-hybridized carbons (Fsp3) is 0.517. The van der Waals surface area contributed by atoms with Crippen molar-refractivity contribution in [3.8, 4) is 6.07 Å². The van der Waals surface area contributed by atoms with Gasteiger partial charge in [-0.2, -0.15) is 5.26 Å². The van der Waals surface area contributed by atoms with Gasteiger partial charge in [-0.3, -0.25) is 4.79 Å². The van der Waals surface area contributed by atoms with Gasteiger partial charge >= 0.3 is 0 Å². The lowest BCUT2D eigenvalue weighted by Gasteiger charge is -2.30. The number of ether oxygens (including phenoxy) is 1. The maximum atomic E-state index is 12.0. The Morgan fingerprint density at radius 2 is 1.79 bits per heavy atom. The number of nitrogens with two attached hydrogens (primary N) is 1. The van der Waals surface area contributed by atoms with Gasteiger partial charge in [-0.15, -0.1) is 0 Å². The van der Waals surface area contributed by atoms with Crippen molar-refractivity contribution in [2.45, 2.75) is 80.1 Å². The predicted molar refractivity (Wildman–Crippen MR) is 140 cm³/mol. The number of allylic oxidation sites excluding steroid dienone is 5. The van der Waals surface area contributed by atoms with Gasteiger partial charge in [-0.25, -0.2) is 0 Å². The summed E-state index contributed by atoms with van der Waals surface area (Å²) < 4.78 is 5.75. The Bertz CT molecular complexity index is 986. The van der Waals surface area contributed by atoms with Crippen molar-refractivity contribution in [3.63, 3.8) is 0 Å². The van der Waals surface area contributed by atoms with Crippen LogP contribution in [0, 0.1) is 23.2 Å².